The summed E-state index contributed by atoms with van der Waals surface area (Å²) in [6.07, 6.45) is 11.3. The van der Waals surface area contributed by atoms with E-state index < -0.39 is 0 Å². The first-order valence-electron chi connectivity index (χ1n) is 5.59. The summed E-state index contributed by atoms with van der Waals surface area (Å²) in [5, 5.41) is 4.36. The molecule has 0 aliphatic heterocycles. The Bertz CT molecular complexity index is 289. The van der Waals surface area contributed by atoms with Crippen molar-refractivity contribution in [2.24, 2.45) is 0 Å². The summed E-state index contributed by atoms with van der Waals surface area (Å²) in [6, 6.07) is 4.70. The molecule has 0 aromatic carbocycles. The van der Waals surface area contributed by atoms with Crippen molar-refractivity contribution in [3.8, 4) is 0 Å². The first kappa shape index (κ1) is 10.8. The van der Waals surface area contributed by atoms with E-state index in [1.165, 1.54) is 25.7 Å². The number of hydrogen-bond acceptors (Lipinski definition) is 3. The second kappa shape index (κ2) is 5.40. The molecule has 1 N–H and O–H groups in total. The van der Waals surface area contributed by atoms with E-state index in [1.54, 1.807) is 0 Å². The molecule has 2 nitrogen and oxygen atoms in total. The van der Waals surface area contributed by atoms with Gasteiger partial charge in [0.1, 0.15) is 0 Å². The molecule has 2 rings (SSSR count). The number of pyridine rings is 1. The third-order valence-electron chi connectivity index (χ3n) is 3.02. The van der Waals surface area contributed by atoms with Gasteiger partial charge < -0.3 is 5.32 Å². The van der Waals surface area contributed by atoms with Crippen LogP contribution >= 0.6 is 11.8 Å². The molecule has 2 unspecified atom stereocenters. The van der Waals surface area contributed by atoms with E-state index in [0.29, 0.717) is 6.04 Å². The van der Waals surface area contributed by atoms with Crippen molar-refractivity contribution in [1.82, 2.24) is 4.98 Å². The monoisotopic (exact) mass is 222 g/mol. The molecule has 0 saturated heterocycles. The van der Waals surface area contributed by atoms with Crippen LogP contribution in [0.25, 0.3) is 0 Å². The largest absolute Gasteiger partial charge is 0.380 e. The van der Waals surface area contributed by atoms with Gasteiger partial charge in [-0.15, -0.1) is 0 Å². The molecule has 1 fully saturated rings. The van der Waals surface area contributed by atoms with Crippen LogP contribution in [0.3, 0.4) is 0 Å². The number of nitrogens with one attached hydrogen (secondary N) is 1. The minimum atomic E-state index is 0.623. The molecule has 0 amide bonds. The molecule has 1 aliphatic rings. The molecule has 1 aliphatic carbocycles. The van der Waals surface area contributed by atoms with Crippen molar-refractivity contribution in [2.75, 3.05) is 11.6 Å². The molecule has 1 aromatic rings. The van der Waals surface area contributed by atoms with Crippen LogP contribution in [0.1, 0.15) is 25.7 Å². The Hall–Kier alpha value is -0.700. The number of thioether (sulfide) groups is 1. The summed E-state index contributed by atoms with van der Waals surface area (Å²) in [5.41, 5.74) is 1.16. The summed E-state index contributed by atoms with van der Waals surface area (Å²) in [4.78, 5) is 4.13. The number of rotatable bonds is 3. The third-order valence-corrected chi connectivity index (χ3v) is 4.19. The van der Waals surface area contributed by atoms with Gasteiger partial charge in [0.15, 0.2) is 0 Å². The van der Waals surface area contributed by atoms with Gasteiger partial charge in [-0.1, -0.05) is 12.8 Å². The van der Waals surface area contributed by atoms with Gasteiger partial charge in [0.25, 0.3) is 0 Å². The highest BCUT2D eigenvalue weighted by molar-refractivity contribution is 7.99. The van der Waals surface area contributed by atoms with Gasteiger partial charge in [-0.3, -0.25) is 4.98 Å². The van der Waals surface area contributed by atoms with Crippen molar-refractivity contribution in [2.45, 2.75) is 37.0 Å². The summed E-state index contributed by atoms with van der Waals surface area (Å²) in [5.74, 6) is 0. The quantitative estimate of drug-likeness (QED) is 0.850. The average molecular weight is 222 g/mol. The third kappa shape index (κ3) is 2.88. The number of anilines is 1. The van der Waals surface area contributed by atoms with Gasteiger partial charge in [-0.05, 0) is 31.2 Å². The summed E-state index contributed by atoms with van der Waals surface area (Å²) < 4.78 is 0. The zero-order chi connectivity index (χ0) is 10.5. The fraction of sp³-hybridized carbons (Fsp3) is 0.583. The molecule has 82 valence electrons. The number of nitrogens with zero attached hydrogens (tertiary/aromatic N) is 1. The van der Waals surface area contributed by atoms with Crippen molar-refractivity contribution < 1.29 is 0 Å². The number of aromatic nitrogens is 1. The van der Waals surface area contributed by atoms with Crippen LogP contribution in [0.5, 0.6) is 0 Å². The van der Waals surface area contributed by atoms with Gasteiger partial charge in [0.05, 0.1) is 5.69 Å². The average Bonchev–Trinajstić information content (AvgIpc) is 2.31. The van der Waals surface area contributed by atoms with E-state index in [9.17, 15) is 0 Å². The highest BCUT2D eigenvalue weighted by Crippen LogP contribution is 2.29. The van der Waals surface area contributed by atoms with Gasteiger partial charge >= 0.3 is 0 Å². The summed E-state index contributed by atoms with van der Waals surface area (Å²) in [7, 11) is 0. The Kier molecular flexibility index (Phi) is 3.89. The van der Waals surface area contributed by atoms with Crippen molar-refractivity contribution in [1.29, 1.82) is 0 Å². The first-order chi connectivity index (χ1) is 7.40. The van der Waals surface area contributed by atoms with Gasteiger partial charge in [-0.2, -0.15) is 11.8 Å². The minimum Gasteiger partial charge on any atom is -0.380 e. The lowest BCUT2D eigenvalue weighted by molar-refractivity contribution is 0.475. The van der Waals surface area contributed by atoms with Crippen LogP contribution in [0.2, 0.25) is 0 Å². The lowest BCUT2D eigenvalue weighted by atomic mass is 9.95. The van der Waals surface area contributed by atoms with E-state index in [0.717, 1.165) is 10.9 Å². The SMILES string of the molecule is CSC1CCCCC1Nc1cccnc1. The van der Waals surface area contributed by atoms with Crippen LogP contribution < -0.4 is 5.32 Å². The minimum absolute atomic E-state index is 0.623. The zero-order valence-electron chi connectivity index (χ0n) is 9.15. The summed E-state index contributed by atoms with van der Waals surface area (Å²) >= 11 is 1.99. The maximum atomic E-state index is 4.13. The first-order valence-corrected chi connectivity index (χ1v) is 6.88. The number of hydrogen-bond donors (Lipinski definition) is 1. The Labute approximate surface area is 95.9 Å². The molecule has 0 bridgehead atoms. The maximum absolute atomic E-state index is 4.13. The highest BCUT2D eigenvalue weighted by atomic mass is 32.2. The fourth-order valence-corrected chi connectivity index (χ4v) is 3.14. The smallest absolute Gasteiger partial charge is 0.0529 e. The molecule has 2 atom stereocenters. The van der Waals surface area contributed by atoms with Crippen LogP contribution in [-0.4, -0.2) is 22.5 Å². The van der Waals surface area contributed by atoms with Gasteiger partial charge in [0.2, 0.25) is 0 Å². The van der Waals surface area contributed by atoms with E-state index in [2.05, 4.69) is 22.6 Å². The van der Waals surface area contributed by atoms with Crippen molar-refractivity contribution >= 4 is 17.4 Å². The standard InChI is InChI=1S/C12H18N2S/c1-15-12-7-3-2-6-11(12)14-10-5-4-8-13-9-10/h4-5,8-9,11-12,14H,2-3,6-7H2,1H3. The highest BCUT2D eigenvalue weighted by Gasteiger charge is 2.23. The molecule has 3 heteroatoms. The maximum Gasteiger partial charge on any atom is 0.0529 e. The second-order valence-corrected chi connectivity index (χ2v) is 5.13. The molecular formula is C12H18N2S. The molecule has 0 spiro atoms. The van der Waals surface area contributed by atoms with Crippen LogP contribution in [0, 0.1) is 0 Å². The summed E-state index contributed by atoms with van der Waals surface area (Å²) in [6.45, 7) is 0. The molecule has 1 heterocycles. The predicted octanol–water partition coefficient (Wildman–Crippen LogP) is 3.17. The molecule has 0 radical (unpaired) electrons. The van der Waals surface area contributed by atoms with Gasteiger partial charge in [0, 0.05) is 23.7 Å². The Morgan fingerprint density at radius 1 is 1.40 bits per heavy atom. The Morgan fingerprint density at radius 2 is 2.27 bits per heavy atom. The van der Waals surface area contributed by atoms with Crippen LogP contribution in [0.15, 0.2) is 24.5 Å². The fourth-order valence-electron chi connectivity index (χ4n) is 2.21. The predicted molar refractivity (Wildman–Crippen MR) is 67.4 cm³/mol. The van der Waals surface area contributed by atoms with E-state index >= 15 is 0 Å². The molecule has 1 saturated carbocycles. The van der Waals surface area contributed by atoms with Crippen LogP contribution in [0.4, 0.5) is 5.69 Å². The molecule has 15 heavy (non-hydrogen) atoms. The van der Waals surface area contributed by atoms with Crippen molar-refractivity contribution in [3.63, 3.8) is 0 Å². The van der Waals surface area contributed by atoms with Crippen LogP contribution in [-0.2, 0) is 0 Å². The van der Waals surface area contributed by atoms with E-state index in [4.69, 9.17) is 0 Å². The van der Waals surface area contributed by atoms with E-state index in [1.807, 2.05) is 30.2 Å². The second-order valence-electron chi connectivity index (χ2n) is 4.05. The Morgan fingerprint density at radius 3 is 3.00 bits per heavy atom. The topological polar surface area (TPSA) is 24.9 Å². The lowest BCUT2D eigenvalue weighted by Crippen LogP contribution is -2.34. The van der Waals surface area contributed by atoms with E-state index in [-0.39, 0.29) is 0 Å². The Balaban J connectivity index is 1.97. The lowest BCUT2D eigenvalue weighted by Gasteiger charge is -2.31. The molecule has 1 aromatic heterocycles. The zero-order valence-corrected chi connectivity index (χ0v) is 9.96. The van der Waals surface area contributed by atoms with Gasteiger partial charge in [-0.25, -0.2) is 0 Å². The van der Waals surface area contributed by atoms with Crippen molar-refractivity contribution in [3.05, 3.63) is 24.5 Å². The molecular weight excluding hydrogens is 204 g/mol. The normalized spacial score (nSPS) is 26.2.